The number of nitro benzene ring substituents is 1. The van der Waals surface area contributed by atoms with Gasteiger partial charge in [0.25, 0.3) is 5.69 Å². The first-order valence-electron chi connectivity index (χ1n) is 10.3. The van der Waals surface area contributed by atoms with Gasteiger partial charge in [-0.25, -0.2) is 4.68 Å². The minimum absolute atomic E-state index is 0.0167. The fraction of sp³-hybridized carbons (Fsp3) is 0.455. The molecule has 2 rings (SSSR count). The van der Waals surface area contributed by atoms with Crippen LogP contribution in [0.1, 0.15) is 68.6 Å². The number of ketones is 1. The molecule has 0 amide bonds. The predicted octanol–water partition coefficient (Wildman–Crippen LogP) is 4.53. The summed E-state index contributed by atoms with van der Waals surface area (Å²) in [6, 6.07) is 2.68. The molecule has 9 nitrogen and oxygen atoms in total. The molecule has 0 N–H and O–H groups in total. The number of benzene rings is 1. The van der Waals surface area contributed by atoms with Crippen LogP contribution in [-0.2, 0) is 16.7 Å². The molecular weight excluding hydrogens is 434 g/mol. The van der Waals surface area contributed by atoms with E-state index < -0.39 is 20.8 Å². The Morgan fingerprint density at radius 3 is 2.34 bits per heavy atom. The average molecular weight is 464 g/mol. The Morgan fingerprint density at radius 1 is 1.22 bits per heavy atom. The van der Waals surface area contributed by atoms with Gasteiger partial charge in [0.1, 0.15) is 5.56 Å². The lowest BCUT2D eigenvalue weighted by molar-refractivity contribution is -0.385. The van der Waals surface area contributed by atoms with Crippen molar-refractivity contribution >= 4 is 27.2 Å². The van der Waals surface area contributed by atoms with Crippen LogP contribution in [0.15, 0.2) is 23.9 Å². The molecule has 0 aliphatic carbocycles. The Kier molecular flexibility index (Phi) is 7.61. The van der Waals surface area contributed by atoms with E-state index in [1.165, 1.54) is 23.0 Å². The van der Waals surface area contributed by atoms with Crippen molar-refractivity contribution in [1.82, 2.24) is 9.78 Å². The maximum atomic E-state index is 13.4. The summed E-state index contributed by atoms with van der Waals surface area (Å²) in [7, 11) is -3.95. The number of aryl methyl sites for hydroxylation is 1. The molecule has 10 heteroatoms. The molecule has 174 valence electrons. The summed E-state index contributed by atoms with van der Waals surface area (Å²) in [5, 5.41) is 15.7. The second-order valence-corrected chi connectivity index (χ2v) is 9.84. The molecule has 0 spiro atoms. The second kappa shape index (κ2) is 9.64. The summed E-state index contributed by atoms with van der Waals surface area (Å²) in [4.78, 5) is 24.5. The highest BCUT2D eigenvalue weighted by atomic mass is 32.2. The van der Waals surface area contributed by atoms with Crippen molar-refractivity contribution in [2.75, 3.05) is 5.75 Å². The van der Waals surface area contributed by atoms with Gasteiger partial charge < -0.3 is 4.18 Å². The normalized spacial score (nSPS) is 11.5. The Balaban J connectivity index is 2.67. The molecule has 1 aromatic carbocycles. The number of aromatic nitrogens is 2. The summed E-state index contributed by atoms with van der Waals surface area (Å²) in [5.74, 6) is -1.05. The lowest BCUT2D eigenvalue weighted by Crippen LogP contribution is -2.20. The highest BCUT2D eigenvalue weighted by Crippen LogP contribution is 2.35. The standard InChI is InChI=1S/C22H29N3O6S/c1-8-24-22(31-32(29,30)12-13(2)3)18(11-23-24)21(26)17-9-10-19(25(27)28)20(16(17)7)15(6)14(4)5/h9-11,13H,8,12H2,1-7H3. The molecule has 0 aliphatic rings. The van der Waals surface area contributed by atoms with E-state index in [0.29, 0.717) is 23.2 Å². The first-order chi connectivity index (χ1) is 14.8. The van der Waals surface area contributed by atoms with Gasteiger partial charge in [-0.2, -0.15) is 13.5 Å². The number of rotatable bonds is 9. The third kappa shape index (κ3) is 5.24. The van der Waals surface area contributed by atoms with Crippen molar-refractivity contribution < 1.29 is 22.3 Å². The van der Waals surface area contributed by atoms with Crippen molar-refractivity contribution in [3.05, 3.63) is 56.3 Å². The third-order valence-corrected chi connectivity index (χ3v) is 6.57. The van der Waals surface area contributed by atoms with Gasteiger partial charge in [0.05, 0.1) is 22.4 Å². The molecule has 0 atom stereocenters. The van der Waals surface area contributed by atoms with Crippen molar-refractivity contribution in [3.8, 4) is 5.88 Å². The van der Waals surface area contributed by atoms with Crippen LogP contribution in [0.25, 0.3) is 5.57 Å². The van der Waals surface area contributed by atoms with E-state index in [4.69, 9.17) is 4.18 Å². The molecule has 0 aliphatic heterocycles. The summed E-state index contributed by atoms with van der Waals surface area (Å²) < 4.78 is 31.5. The van der Waals surface area contributed by atoms with Crippen molar-refractivity contribution in [2.45, 2.75) is 55.0 Å². The van der Waals surface area contributed by atoms with E-state index >= 15 is 0 Å². The summed E-state index contributed by atoms with van der Waals surface area (Å²) >= 11 is 0. The summed E-state index contributed by atoms with van der Waals surface area (Å²) in [5.41, 5.74) is 2.48. The van der Waals surface area contributed by atoms with Gasteiger partial charge in [0.15, 0.2) is 5.78 Å². The van der Waals surface area contributed by atoms with Gasteiger partial charge in [-0.3, -0.25) is 14.9 Å². The monoisotopic (exact) mass is 463 g/mol. The van der Waals surface area contributed by atoms with E-state index in [1.807, 2.05) is 13.8 Å². The summed E-state index contributed by atoms with van der Waals surface area (Å²) in [6.45, 7) is 12.6. The van der Waals surface area contributed by atoms with Crippen molar-refractivity contribution in [1.29, 1.82) is 0 Å². The van der Waals surface area contributed by atoms with E-state index in [0.717, 1.165) is 5.57 Å². The van der Waals surface area contributed by atoms with E-state index in [1.54, 1.807) is 34.6 Å². The predicted molar refractivity (Wildman–Crippen MR) is 122 cm³/mol. The number of carbonyl (C=O) groups is 1. The molecule has 1 heterocycles. The Morgan fingerprint density at radius 2 is 1.84 bits per heavy atom. The SMILES string of the molecule is CCn1ncc(C(=O)c2ccc([N+](=O)[O-])c(C(C)=C(C)C)c2C)c1OS(=O)(=O)CC(C)C. The summed E-state index contributed by atoms with van der Waals surface area (Å²) in [6.07, 6.45) is 1.26. The largest absolute Gasteiger partial charge is 0.361 e. The lowest BCUT2D eigenvalue weighted by Gasteiger charge is -2.14. The Labute approximate surface area is 188 Å². The van der Waals surface area contributed by atoms with Crippen LogP contribution >= 0.6 is 0 Å². The van der Waals surface area contributed by atoms with Gasteiger partial charge in [-0.05, 0) is 57.7 Å². The second-order valence-electron chi connectivity index (χ2n) is 8.22. The molecule has 0 unspecified atom stereocenters. The van der Waals surface area contributed by atoms with E-state index in [2.05, 4.69) is 5.10 Å². The molecule has 0 saturated heterocycles. The van der Waals surface area contributed by atoms with E-state index in [9.17, 15) is 23.3 Å². The average Bonchev–Trinajstić information content (AvgIpc) is 3.06. The van der Waals surface area contributed by atoms with Crippen LogP contribution in [0.5, 0.6) is 5.88 Å². The zero-order chi connectivity index (χ0) is 24.4. The van der Waals surface area contributed by atoms with E-state index in [-0.39, 0.29) is 34.4 Å². The molecule has 0 radical (unpaired) electrons. The maximum absolute atomic E-state index is 13.4. The minimum atomic E-state index is -3.95. The Bertz CT molecular complexity index is 1190. The van der Waals surface area contributed by atoms with Gasteiger partial charge in [-0.15, -0.1) is 0 Å². The molecule has 0 saturated carbocycles. The first kappa shape index (κ1) is 25.3. The topological polar surface area (TPSA) is 121 Å². The first-order valence-corrected chi connectivity index (χ1v) is 11.8. The van der Waals surface area contributed by atoms with Crippen LogP contribution in [0.3, 0.4) is 0 Å². The number of nitrogens with zero attached hydrogens (tertiary/aromatic N) is 3. The number of hydrogen-bond acceptors (Lipinski definition) is 7. The van der Waals surface area contributed by atoms with Crippen LogP contribution in [0.2, 0.25) is 0 Å². The third-order valence-electron chi connectivity index (χ3n) is 5.09. The lowest BCUT2D eigenvalue weighted by atomic mass is 9.90. The number of carbonyl (C=O) groups excluding carboxylic acids is 1. The van der Waals surface area contributed by atoms with Gasteiger partial charge in [-0.1, -0.05) is 19.4 Å². The van der Waals surface area contributed by atoms with Crippen LogP contribution in [-0.4, -0.2) is 34.7 Å². The molecular formula is C22H29N3O6S. The number of hydrogen-bond donors (Lipinski definition) is 0. The van der Waals surface area contributed by atoms with Crippen LogP contribution in [0, 0.1) is 23.0 Å². The fourth-order valence-electron chi connectivity index (χ4n) is 3.37. The quantitative estimate of drug-likeness (QED) is 0.232. The molecule has 1 aromatic heterocycles. The number of nitro groups is 1. The van der Waals surface area contributed by atoms with Crippen molar-refractivity contribution in [3.63, 3.8) is 0 Å². The van der Waals surface area contributed by atoms with Crippen LogP contribution < -0.4 is 4.18 Å². The molecule has 0 fully saturated rings. The fourth-order valence-corrected chi connectivity index (χ4v) is 4.67. The van der Waals surface area contributed by atoms with Gasteiger partial charge >= 0.3 is 10.1 Å². The van der Waals surface area contributed by atoms with Gasteiger partial charge in [0.2, 0.25) is 5.88 Å². The smallest absolute Gasteiger partial charge is 0.310 e. The Hall–Kier alpha value is -3.01. The van der Waals surface area contributed by atoms with Crippen LogP contribution in [0.4, 0.5) is 5.69 Å². The van der Waals surface area contributed by atoms with Crippen molar-refractivity contribution in [2.24, 2.45) is 5.92 Å². The minimum Gasteiger partial charge on any atom is -0.361 e. The van der Waals surface area contributed by atoms with Gasteiger partial charge in [0, 0.05) is 18.2 Å². The molecule has 32 heavy (non-hydrogen) atoms. The zero-order valence-electron chi connectivity index (χ0n) is 19.4. The highest BCUT2D eigenvalue weighted by Gasteiger charge is 2.29. The molecule has 0 bridgehead atoms. The number of allylic oxidation sites excluding steroid dienone is 2. The molecule has 2 aromatic rings. The maximum Gasteiger partial charge on any atom is 0.310 e. The zero-order valence-corrected chi connectivity index (χ0v) is 20.2. The highest BCUT2D eigenvalue weighted by molar-refractivity contribution is 7.87.